The first-order valence-electron chi connectivity index (χ1n) is 5.06. The first-order valence-corrected chi connectivity index (χ1v) is 6.75. The Morgan fingerprint density at radius 1 is 1.12 bits per heavy atom. The highest BCUT2D eigenvalue weighted by molar-refractivity contribution is 7.19. The van der Waals surface area contributed by atoms with Gasteiger partial charge in [0, 0.05) is 16.0 Å². The summed E-state index contributed by atoms with van der Waals surface area (Å²) in [5, 5.41) is 12.8. The summed E-state index contributed by atoms with van der Waals surface area (Å²) in [5.41, 5.74) is 0. The van der Waals surface area contributed by atoms with Crippen molar-refractivity contribution in [3.8, 4) is 5.75 Å². The number of rotatable bonds is 2. The fraction of sp³-hybridized carbons (Fsp3) is 0.0769. The molecule has 0 radical (unpaired) electrons. The zero-order chi connectivity index (χ0) is 11.0. The molecule has 0 aliphatic rings. The molecule has 3 aromatic rings. The Morgan fingerprint density at radius 2 is 2.00 bits per heavy atom. The van der Waals surface area contributed by atoms with Gasteiger partial charge in [-0.15, -0.1) is 22.7 Å². The van der Waals surface area contributed by atoms with E-state index in [-0.39, 0.29) is 0 Å². The lowest BCUT2D eigenvalue weighted by molar-refractivity contribution is 0.473. The molecule has 0 spiro atoms. The number of hydrogen-bond acceptors (Lipinski definition) is 3. The normalized spacial score (nSPS) is 11.0. The molecule has 0 aliphatic carbocycles. The van der Waals surface area contributed by atoms with Gasteiger partial charge in [0.15, 0.2) is 0 Å². The van der Waals surface area contributed by atoms with E-state index in [0.29, 0.717) is 5.75 Å². The minimum atomic E-state index is 0.419. The van der Waals surface area contributed by atoms with Gasteiger partial charge in [0.2, 0.25) is 0 Å². The van der Waals surface area contributed by atoms with Crippen molar-refractivity contribution in [2.45, 2.75) is 6.42 Å². The molecule has 0 aliphatic heterocycles. The second-order valence-corrected chi connectivity index (χ2v) is 5.83. The molecular weight excluding hydrogens is 236 g/mol. The molecule has 0 saturated heterocycles. The minimum Gasteiger partial charge on any atom is -0.507 e. The second kappa shape index (κ2) is 3.92. The fourth-order valence-corrected chi connectivity index (χ4v) is 3.70. The van der Waals surface area contributed by atoms with Crippen LogP contribution in [0.2, 0.25) is 0 Å². The van der Waals surface area contributed by atoms with E-state index in [0.717, 1.165) is 11.3 Å². The van der Waals surface area contributed by atoms with Gasteiger partial charge in [-0.3, -0.25) is 0 Å². The van der Waals surface area contributed by atoms with Crippen LogP contribution in [0.15, 0.2) is 41.8 Å². The third-order valence-electron chi connectivity index (χ3n) is 2.53. The predicted octanol–water partition coefficient (Wildman–Crippen LogP) is 4.26. The smallest absolute Gasteiger partial charge is 0.129 e. The number of thiophene rings is 2. The Balaban J connectivity index is 1.98. The lowest BCUT2D eigenvalue weighted by Gasteiger charge is -1.94. The van der Waals surface area contributed by atoms with Gasteiger partial charge in [-0.2, -0.15) is 0 Å². The molecule has 0 saturated carbocycles. The highest BCUT2D eigenvalue weighted by atomic mass is 32.1. The van der Waals surface area contributed by atoms with Gasteiger partial charge in [-0.05, 0) is 29.0 Å². The van der Waals surface area contributed by atoms with Crippen molar-refractivity contribution in [3.63, 3.8) is 0 Å². The van der Waals surface area contributed by atoms with Crippen molar-refractivity contribution >= 4 is 32.8 Å². The molecule has 2 heterocycles. The van der Waals surface area contributed by atoms with Crippen molar-refractivity contribution in [2.24, 2.45) is 0 Å². The lowest BCUT2D eigenvalue weighted by atomic mass is 10.2. The second-order valence-electron chi connectivity index (χ2n) is 3.66. The van der Waals surface area contributed by atoms with Crippen LogP contribution >= 0.6 is 22.7 Å². The number of benzene rings is 1. The molecule has 0 fully saturated rings. The van der Waals surface area contributed by atoms with Crippen molar-refractivity contribution in [3.05, 3.63) is 51.5 Å². The number of hydrogen-bond donors (Lipinski definition) is 1. The average Bonchev–Trinajstić information content (AvgIpc) is 2.85. The molecule has 1 N–H and O–H groups in total. The average molecular weight is 246 g/mol. The quantitative estimate of drug-likeness (QED) is 0.716. The van der Waals surface area contributed by atoms with Crippen molar-refractivity contribution in [1.29, 1.82) is 0 Å². The van der Waals surface area contributed by atoms with E-state index < -0.39 is 0 Å². The molecule has 3 rings (SSSR count). The molecule has 0 unspecified atom stereocenters. The number of fused-ring (bicyclic) bond motifs is 1. The summed E-state index contributed by atoms with van der Waals surface area (Å²) in [6.45, 7) is 0. The van der Waals surface area contributed by atoms with Gasteiger partial charge >= 0.3 is 0 Å². The molecule has 0 atom stereocenters. The summed E-state index contributed by atoms with van der Waals surface area (Å²) in [6, 6.07) is 12.3. The van der Waals surface area contributed by atoms with E-state index in [1.54, 1.807) is 28.7 Å². The summed E-state index contributed by atoms with van der Waals surface area (Å²) in [5.74, 6) is 0.419. The molecule has 1 aromatic carbocycles. The first kappa shape index (κ1) is 9.87. The monoisotopic (exact) mass is 246 g/mol. The van der Waals surface area contributed by atoms with E-state index in [1.165, 1.54) is 15.0 Å². The van der Waals surface area contributed by atoms with Crippen LogP contribution in [-0.2, 0) is 6.42 Å². The highest BCUT2D eigenvalue weighted by Crippen LogP contribution is 2.31. The van der Waals surface area contributed by atoms with Crippen LogP contribution in [0.1, 0.15) is 9.75 Å². The molecule has 16 heavy (non-hydrogen) atoms. The van der Waals surface area contributed by atoms with E-state index in [9.17, 15) is 5.11 Å². The molecule has 80 valence electrons. The summed E-state index contributed by atoms with van der Waals surface area (Å²) in [4.78, 5) is 2.35. The zero-order valence-electron chi connectivity index (χ0n) is 8.51. The van der Waals surface area contributed by atoms with E-state index in [1.807, 2.05) is 5.38 Å². The van der Waals surface area contributed by atoms with Gasteiger partial charge in [-0.1, -0.05) is 18.2 Å². The van der Waals surface area contributed by atoms with Crippen molar-refractivity contribution < 1.29 is 5.11 Å². The maximum Gasteiger partial charge on any atom is 0.129 e. The maximum atomic E-state index is 9.60. The maximum absolute atomic E-state index is 9.60. The van der Waals surface area contributed by atoms with Gasteiger partial charge < -0.3 is 5.11 Å². The van der Waals surface area contributed by atoms with Crippen LogP contribution in [-0.4, -0.2) is 5.11 Å². The van der Waals surface area contributed by atoms with Crippen LogP contribution in [0.25, 0.3) is 10.1 Å². The van der Waals surface area contributed by atoms with E-state index >= 15 is 0 Å². The Labute approximate surface area is 102 Å². The summed E-state index contributed by atoms with van der Waals surface area (Å²) in [6.07, 6.45) is 0.836. The molecule has 1 nitrogen and oxygen atoms in total. The lowest BCUT2D eigenvalue weighted by Crippen LogP contribution is -1.78. The van der Waals surface area contributed by atoms with Crippen LogP contribution in [0.5, 0.6) is 5.75 Å². The Morgan fingerprint density at radius 3 is 2.75 bits per heavy atom. The molecular formula is C13H10OS2. The van der Waals surface area contributed by atoms with Crippen LogP contribution in [0.3, 0.4) is 0 Å². The van der Waals surface area contributed by atoms with Crippen LogP contribution in [0.4, 0.5) is 0 Å². The highest BCUT2D eigenvalue weighted by Gasteiger charge is 2.06. The van der Waals surface area contributed by atoms with E-state index in [4.69, 9.17) is 0 Å². The predicted molar refractivity (Wildman–Crippen MR) is 70.6 cm³/mol. The largest absolute Gasteiger partial charge is 0.507 e. The summed E-state index contributed by atoms with van der Waals surface area (Å²) >= 11 is 3.41. The van der Waals surface area contributed by atoms with Gasteiger partial charge in [0.05, 0.1) is 4.88 Å². The SMILES string of the molecule is Oc1ccsc1Cc1cc2ccccc2s1. The van der Waals surface area contributed by atoms with E-state index in [2.05, 4.69) is 30.3 Å². The standard InChI is InChI=1S/C13H10OS2/c14-11-5-6-15-13(11)8-10-7-9-3-1-2-4-12(9)16-10/h1-7,14H,8H2. The zero-order valence-corrected chi connectivity index (χ0v) is 10.1. The van der Waals surface area contributed by atoms with Crippen molar-refractivity contribution in [1.82, 2.24) is 0 Å². The minimum absolute atomic E-state index is 0.419. The topological polar surface area (TPSA) is 20.2 Å². The molecule has 0 bridgehead atoms. The van der Waals surface area contributed by atoms with Crippen LogP contribution in [0, 0.1) is 0 Å². The van der Waals surface area contributed by atoms with Crippen molar-refractivity contribution in [2.75, 3.05) is 0 Å². The number of aromatic hydroxyl groups is 1. The molecule has 2 aromatic heterocycles. The van der Waals surface area contributed by atoms with Crippen LogP contribution < -0.4 is 0 Å². The summed E-state index contributed by atoms with van der Waals surface area (Å²) < 4.78 is 1.31. The third kappa shape index (κ3) is 1.72. The first-order chi connectivity index (χ1) is 7.83. The summed E-state index contributed by atoms with van der Waals surface area (Å²) in [7, 11) is 0. The Kier molecular flexibility index (Phi) is 2.42. The Hall–Kier alpha value is -1.32. The third-order valence-corrected chi connectivity index (χ3v) is 4.56. The molecule has 3 heteroatoms. The van der Waals surface area contributed by atoms with Gasteiger partial charge in [0.1, 0.15) is 5.75 Å². The molecule has 0 amide bonds. The Bertz CT molecular complexity index is 588. The van der Waals surface area contributed by atoms with Gasteiger partial charge in [0.25, 0.3) is 0 Å². The van der Waals surface area contributed by atoms with Gasteiger partial charge in [-0.25, -0.2) is 0 Å². The fourth-order valence-electron chi connectivity index (χ4n) is 1.75.